The number of hydrogen-bond acceptors (Lipinski definition) is 3. The summed E-state index contributed by atoms with van der Waals surface area (Å²) in [6, 6.07) is 0.638. The number of hydrogen-bond donors (Lipinski definition) is 1. The average Bonchev–Trinajstić information content (AvgIpc) is 2.87. The molecule has 0 saturated carbocycles. The van der Waals surface area contributed by atoms with Crippen LogP contribution in [0, 0.1) is 5.92 Å². The molecule has 3 atom stereocenters. The van der Waals surface area contributed by atoms with E-state index in [4.69, 9.17) is 4.74 Å². The first-order valence-electron chi connectivity index (χ1n) is 5.79. The van der Waals surface area contributed by atoms with E-state index in [1.165, 1.54) is 31.6 Å². The molecule has 0 spiro atoms. The van der Waals surface area contributed by atoms with Crippen molar-refractivity contribution >= 4 is 11.8 Å². The minimum atomic E-state index is 0.638. The lowest BCUT2D eigenvalue weighted by atomic mass is 10.0. The summed E-state index contributed by atoms with van der Waals surface area (Å²) >= 11 is 2.13. The van der Waals surface area contributed by atoms with Crippen molar-refractivity contribution in [3.8, 4) is 0 Å². The Kier molecular flexibility index (Phi) is 4.14. The number of ether oxygens (including phenoxy) is 1. The Balaban J connectivity index is 1.63. The van der Waals surface area contributed by atoms with Gasteiger partial charge in [-0.05, 0) is 37.9 Å². The molecule has 2 fully saturated rings. The van der Waals surface area contributed by atoms with Crippen molar-refractivity contribution in [1.29, 1.82) is 0 Å². The summed E-state index contributed by atoms with van der Waals surface area (Å²) in [5, 5.41) is 4.54. The minimum Gasteiger partial charge on any atom is -0.381 e. The van der Waals surface area contributed by atoms with Crippen LogP contribution in [-0.4, -0.2) is 36.8 Å². The standard InChI is InChI=1S/C11H21NOS/c1-9(10-4-5-13-8-10)12-7-11-3-2-6-14-11/h9-12H,2-8H2,1H3. The van der Waals surface area contributed by atoms with Crippen molar-refractivity contribution in [3.05, 3.63) is 0 Å². The van der Waals surface area contributed by atoms with Crippen LogP contribution in [0.25, 0.3) is 0 Å². The Hall–Kier alpha value is 0.270. The lowest BCUT2D eigenvalue weighted by Crippen LogP contribution is -2.37. The summed E-state index contributed by atoms with van der Waals surface area (Å²) in [5.74, 6) is 2.12. The Morgan fingerprint density at radius 1 is 1.50 bits per heavy atom. The zero-order valence-electron chi connectivity index (χ0n) is 9.00. The van der Waals surface area contributed by atoms with E-state index in [0.29, 0.717) is 6.04 Å². The van der Waals surface area contributed by atoms with E-state index in [1.807, 2.05) is 0 Å². The molecule has 2 nitrogen and oxygen atoms in total. The summed E-state index contributed by atoms with van der Waals surface area (Å²) in [6.45, 7) is 5.43. The van der Waals surface area contributed by atoms with E-state index >= 15 is 0 Å². The molecule has 0 aromatic heterocycles. The van der Waals surface area contributed by atoms with Gasteiger partial charge in [0, 0.05) is 24.4 Å². The van der Waals surface area contributed by atoms with Gasteiger partial charge in [0.25, 0.3) is 0 Å². The Labute approximate surface area is 91.2 Å². The van der Waals surface area contributed by atoms with Gasteiger partial charge in [0.15, 0.2) is 0 Å². The lowest BCUT2D eigenvalue weighted by molar-refractivity contribution is 0.178. The molecule has 0 amide bonds. The zero-order chi connectivity index (χ0) is 9.80. The molecular formula is C11H21NOS. The van der Waals surface area contributed by atoms with Gasteiger partial charge < -0.3 is 10.1 Å². The van der Waals surface area contributed by atoms with E-state index in [1.54, 1.807) is 0 Å². The van der Waals surface area contributed by atoms with Gasteiger partial charge in [0.1, 0.15) is 0 Å². The van der Waals surface area contributed by atoms with Gasteiger partial charge in [-0.2, -0.15) is 11.8 Å². The maximum Gasteiger partial charge on any atom is 0.0509 e. The van der Waals surface area contributed by atoms with Crippen LogP contribution >= 0.6 is 11.8 Å². The molecule has 2 aliphatic rings. The van der Waals surface area contributed by atoms with E-state index < -0.39 is 0 Å². The molecule has 0 bridgehead atoms. The van der Waals surface area contributed by atoms with Gasteiger partial charge in [-0.1, -0.05) is 0 Å². The van der Waals surface area contributed by atoms with E-state index in [0.717, 1.165) is 24.4 Å². The first kappa shape index (κ1) is 10.8. The fourth-order valence-electron chi connectivity index (χ4n) is 2.24. The molecule has 82 valence electrons. The first-order chi connectivity index (χ1) is 6.86. The predicted octanol–water partition coefficient (Wildman–Crippen LogP) is 1.90. The molecule has 0 aromatic carbocycles. The second kappa shape index (κ2) is 5.38. The van der Waals surface area contributed by atoms with Crippen LogP contribution in [0.15, 0.2) is 0 Å². The molecule has 2 heterocycles. The van der Waals surface area contributed by atoms with Gasteiger partial charge in [-0.25, -0.2) is 0 Å². The molecule has 2 aliphatic heterocycles. The second-order valence-corrected chi connectivity index (χ2v) is 5.86. The topological polar surface area (TPSA) is 21.3 Å². The highest BCUT2D eigenvalue weighted by molar-refractivity contribution is 8.00. The normalized spacial score (nSPS) is 34.9. The van der Waals surface area contributed by atoms with Crippen molar-refractivity contribution in [2.24, 2.45) is 5.92 Å². The largest absolute Gasteiger partial charge is 0.381 e. The van der Waals surface area contributed by atoms with Crippen molar-refractivity contribution in [1.82, 2.24) is 5.32 Å². The third-order valence-electron chi connectivity index (χ3n) is 3.36. The van der Waals surface area contributed by atoms with Crippen LogP contribution < -0.4 is 5.32 Å². The highest BCUT2D eigenvalue weighted by Crippen LogP contribution is 2.25. The maximum atomic E-state index is 5.40. The SMILES string of the molecule is CC(NCC1CCCS1)C1CCOC1. The predicted molar refractivity (Wildman–Crippen MR) is 61.9 cm³/mol. The summed E-state index contributed by atoms with van der Waals surface area (Å²) in [7, 11) is 0. The molecule has 14 heavy (non-hydrogen) atoms. The molecule has 0 aliphatic carbocycles. The van der Waals surface area contributed by atoms with Crippen molar-refractivity contribution in [2.75, 3.05) is 25.5 Å². The van der Waals surface area contributed by atoms with Gasteiger partial charge in [0.2, 0.25) is 0 Å². The van der Waals surface area contributed by atoms with E-state index in [9.17, 15) is 0 Å². The smallest absolute Gasteiger partial charge is 0.0509 e. The summed E-state index contributed by atoms with van der Waals surface area (Å²) in [4.78, 5) is 0. The lowest BCUT2D eigenvalue weighted by Gasteiger charge is -2.21. The highest BCUT2D eigenvalue weighted by Gasteiger charge is 2.23. The van der Waals surface area contributed by atoms with Crippen LogP contribution in [0.3, 0.4) is 0 Å². The quantitative estimate of drug-likeness (QED) is 0.774. The van der Waals surface area contributed by atoms with Crippen molar-refractivity contribution < 1.29 is 4.74 Å². The molecule has 1 N–H and O–H groups in total. The third-order valence-corrected chi connectivity index (χ3v) is 4.76. The monoisotopic (exact) mass is 215 g/mol. The van der Waals surface area contributed by atoms with Crippen molar-refractivity contribution in [3.63, 3.8) is 0 Å². The third kappa shape index (κ3) is 2.88. The zero-order valence-corrected chi connectivity index (χ0v) is 9.81. The molecular weight excluding hydrogens is 194 g/mol. The van der Waals surface area contributed by atoms with Crippen LogP contribution in [0.2, 0.25) is 0 Å². The highest BCUT2D eigenvalue weighted by atomic mass is 32.2. The molecule has 2 saturated heterocycles. The number of thioether (sulfide) groups is 1. The average molecular weight is 215 g/mol. The molecule has 3 unspecified atom stereocenters. The van der Waals surface area contributed by atoms with Crippen LogP contribution in [0.5, 0.6) is 0 Å². The Morgan fingerprint density at radius 2 is 2.43 bits per heavy atom. The van der Waals surface area contributed by atoms with Crippen LogP contribution in [-0.2, 0) is 4.74 Å². The van der Waals surface area contributed by atoms with Crippen LogP contribution in [0.4, 0.5) is 0 Å². The van der Waals surface area contributed by atoms with Crippen LogP contribution in [0.1, 0.15) is 26.2 Å². The van der Waals surface area contributed by atoms with Crippen molar-refractivity contribution in [2.45, 2.75) is 37.5 Å². The van der Waals surface area contributed by atoms with Gasteiger partial charge in [-0.3, -0.25) is 0 Å². The molecule has 0 radical (unpaired) electrons. The van der Waals surface area contributed by atoms with E-state index in [2.05, 4.69) is 24.0 Å². The molecule has 2 rings (SSSR count). The minimum absolute atomic E-state index is 0.638. The van der Waals surface area contributed by atoms with Gasteiger partial charge >= 0.3 is 0 Å². The Bertz CT molecular complexity index is 165. The number of nitrogens with one attached hydrogen (secondary N) is 1. The fraction of sp³-hybridized carbons (Fsp3) is 1.00. The Morgan fingerprint density at radius 3 is 3.07 bits per heavy atom. The van der Waals surface area contributed by atoms with Gasteiger partial charge in [-0.15, -0.1) is 0 Å². The second-order valence-electron chi connectivity index (χ2n) is 4.46. The van der Waals surface area contributed by atoms with E-state index in [-0.39, 0.29) is 0 Å². The summed E-state index contributed by atoms with van der Waals surface area (Å²) in [6.07, 6.45) is 4.06. The molecule has 3 heteroatoms. The van der Waals surface area contributed by atoms with Gasteiger partial charge in [0.05, 0.1) is 6.61 Å². The summed E-state index contributed by atoms with van der Waals surface area (Å²) < 4.78 is 5.40. The first-order valence-corrected chi connectivity index (χ1v) is 6.84. The fourth-order valence-corrected chi connectivity index (χ4v) is 3.45. The number of rotatable bonds is 4. The molecule has 0 aromatic rings. The maximum absolute atomic E-state index is 5.40. The summed E-state index contributed by atoms with van der Waals surface area (Å²) in [5.41, 5.74) is 0.